The second-order valence-electron chi connectivity index (χ2n) is 15.9. The Balaban J connectivity index is 1.05. The Morgan fingerprint density at radius 1 is 0.589 bits per heavy atom. The summed E-state index contributed by atoms with van der Waals surface area (Å²) in [4.78, 5) is 2.41. The molecule has 4 heteroatoms. The summed E-state index contributed by atoms with van der Waals surface area (Å²) in [5.74, 6) is 0.493. The molecule has 270 valence electrons. The largest absolute Gasteiger partial charge is 0.354 e. The Bertz CT molecular complexity index is 3120. The van der Waals surface area contributed by atoms with Crippen molar-refractivity contribution in [3.63, 3.8) is 0 Å². The van der Waals surface area contributed by atoms with Crippen LogP contribution in [0.25, 0.3) is 53.0 Å². The standard InChI is InChI=1S/C52H40N2S2/c1-32-28-40(50-41(29-32)38-18-10-12-20-46(38)55-50)33-22-24-36(25-23-33)54(35-16-8-5-9-17-35)37-26-27-45-43(30-37)52(2,3)44-31-42-39-19-11-13-21-47(39)56-51(42)48(49(44)53-45)34-14-6-4-7-15-34/h4-27,29-32,53H,28H2,1-3H3. The van der Waals surface area contributed by atoms with E-state index in [0.717, 1.165) is 29.2 Å². The van der Waals surface area contributed by atoms with E-state index in [1.54, 1.807) is 0 Å². The molecule has 56 heavy (non-hydrogen) atoms. The number of hydrogen-bond donors (Lipinski definition) is 1. The maximum Gasteiger partial charge on any atom is 0.0520 e. The topological polar surface area (TPSA) is 15.3 Å². The highest BCUT2D eigenvalue weighted by molar-refractivity contribution is 7.26. The van der Waals surface area contributed by atoms with Crippen LogP contribution >= 0.6 is 22.7 Å². The third-order valence-corrected chi connectivity index (χ3v) is 14.4. The summed E-state index contributed by atoms with van der Waals surface area (Å²) in [7, 11) is 0. The Hall–Kier alpha value is -5.94. The predicted molar refractivity (Wildman–Crippen MR) is 243 cm³/mol. The number of para-hydroxylation sites is 1. The van der Waals surface area contributed by atoms with E-state index >= 15 is 0 Å². The molecular formula is C52H40N2S2. The van der Waals surface area contributed by atoms with Crippen molar-refractivity contribution in [2.24, 2.45) is 5.92 Å². The lowest BCUT2D eigenvalue weighted by Crippen LogP contribution is -2.27. The van der Waals surface area contributed by atoms with Crippen molar-refractivity contribution in [2.45, 2.75) is 32.6 Å². The molecule has 1 atom stereocenters. The molecule has 2 aliphatic rings. The summed E-state index contributed by atoms with van der Waals surface area (Å²) in [6, 6.07) is 58.2. The van der Waals surface area contributed by atoms with Gasteiger partial charge >= 0.3 is 0 Å². The van der Waals surface area contributed by atoms with E-state index in [1.807, 2.05) is 22.7 Å². The number of benzene rings is 7. The lowest BCUT2D eigenvalue weighted by molar-refractivity contribution is 0.639. The van der Waals surface area contributed by atoms with Gasteiger partial charge in [-0.3, -0.25) is 0 Å². The first-order valence-corrected chi connectivity index (χ1v) is 21.2. The van der Waals surface area contributed by atoms with Gasteiger partial charge in [0.05, 0.1) is 5.69 Å². The zero-order chi connectivity index (χ0) is 37.5. The Kier molecular flexibility index (Phi) is 7.64. The van der Waals surface area contributed by atoms with Crippen LogP contribution in [0, 0.1) is 5.92 Å². The van der Waals surface area contributed by atoms with Crippen LogP contribution in [0.3, 0.4) is 0 Å². The van der Waals surface area contributed by atoms with Crippen LogP contribution in [0.4, 0.5) is 28.4 Å². The minimum absolute atomic E-state index is 0.272. The van der Waals surface area contributed by atoms with Crippen molar-refractivity contribution in [3.8, 4) is 11.1 Å². The highest BCUT2D eigenvalue weighted by atomic mass is 32.1. The molecule has 2 aromatic heterocycles. The fourth-order valence-corrected chi connectivity index (χ4v) is 11.8. The SMILES string of the molecule is CC1C=c2c(sc3ccccc23)=C(c2ccc(N(c3ccccc3)c3ccc4c(c3)C(C)(C)c3cc5c(sc6ccccc65)c(-c5ccccc5)c3N4)cc2)C1. The lowest BCUT2D eigenvalue weighted by atomic mass is 9.72. The molecule has 0 fully saturated rings. The van der Waals surface area contributed by atoms with E-state index in [-0.39, 0.29) is 5.41 Å². The van der Waals surface area contributed by atoms with Crippen LogP contribution in [0.2, 0.25) is 0 Å². The van der Waals surface area contributed by atoms with E-state index in [0.29, 0.717) is 5.92 Å². The lowest BCUT2D eigenvalue weighted by Gasteiger charge is -2.38. The number of nitrogens with one attached hydrogen (secondary N) is 1. The normalized spacial score (nSPS) is 15.6. The van der Waals surface area contributed by atoms with Gasteiger partial charge in [-0.05, 0) is 106 Å². The van der Waals surface area contributed by atoms with Gasteiger partial charge in [0.1, 0.15) is 0 Å². The molecule has 7 aromatic carbocycles. The molecule has 2 nitrogen and oxygen atoms in total. The van der Waals surface area contributed by atoms with Crippen LogP contribution in [-0.2, 0) is 5.41 Å². The average Bonchev–Trinajstić information content (AvgIpc) is 3.80. The Morgan fingerprint density at radius 2 is 1.23 bits per heavy atom. The maximum absolute atomic E-state index is 3.99. The summed E-state index contributed by atoms with van der Waals surface area (Å²) in [5, 5.41) is 9.43. The van der Waals surface area contributed by atoms with Crippen LogP contribution in [0.15, 0.2) is 158 Å². The van der Waals surface area contributed by atoms with Gasteiger partial charge in [0.15, 0.2) is 0 Å². The number of hydrogen-bond acceptors (Lipinski definition) is 4. The molecule has 0 amide bonds. The molecule has 9 aromatic rings. The molecular weight excluding hydrogens is 717 g/mol. The van der Waals surface area contributed by atoms with E-state index < -0.39 is 0 Å². The molecule has 1 unspecified atom stereocenters. The molecule has 0 spiro atoms. The molecule has 1 aliphatic carbocycles. The summed E-state index contributed by atoms with van der Waals surface area (Å²) < 4.78 is 5.44. The predicted octanol–water partition coefficient (Wildman–Crippen LogP) is 13.8. The quantitative estimate of drug-likeness (QED) is 0.188. The van der Waals surface area contributed by atoms with Crippen LogP contribution < -0.4 is 20.0 Å². The van der Waals surface area contributed by atoms with Gasteiger partial charge in [-0.15, -0.1) is 22.7 Å². The van der Waals surface area contributed by atoms with E-state index in [4.69, 9.17) is 0 Å². The molecule has 1 N–H and O–H groups in total. The minimum atomic E-state index is -0.272. The molecule has 11 rings (SSSR count). The van der Waals surface area contributed by atoms with Crippen molar-refractivity contribution in [3.05, 3.63) is 184 Å². The summed E-state index contributed by atoms with van der Waals surface area (Å²) in [6.07, 6.45) is 3.52. The van der Waals surface area contributed by atoms with Gasteiger partial charge in [0.2, 0.25) is 0 Å². The smallest absolute Gasteiger partial charge is 0.0520 e. The highest BCUT2D eigenvalue weighted by Gasteiger charge is 2.36. The first-order valence-electron chi connectivity index (χ1n) is 19.6. The monoisotopic (exact) mass is 756 g/mol. The van der Waals surface area contributed by atoms with Gasteiger partial charge in [0.25, 0.3) is 0 Å². The zero-order valence-corrected chi connectivity index (χ0v) is 33.3. The first kappa shape index (κ1) is 33.4. The number of thiophene rings is 2. The molecule has 0 saturated heterocycles. The number of nitrogens with zero attached hydrogens (tertiary/aromatic N) is 1. The van der Waals surface area contributed by atoms with Crippen molar-refractivity contribution in [1.82, 2.24) is 0 Å². The summed E-state index contributed by atoms with van der Waals surface area (Å²) in [5.41, 5.74) is 13.4. The van der Waals surface area contributed by atoms with Crippen molar-refractivity contribution in [1.29, 1.82) is 0 Å². The number of fused-ring (bicyclic) bond motifs is 8. The van der Waals surface area contributed by atoms with Gasteiger partial charge in [0, 0.05) is 68.5 Å². The summed E-state index contributed by atoms with van der Waals surface area (Å²) >= 11 is 3.83. The Labute approximate surface area is 335 Å². The summed E-state index contributed by atoms with van der Waals surface area (Å²) in [6.45, 7) is 7.14. The molecule has 1 aliphatic heterocycles. The van der Waals surface area contributed by atoms with Gasteiger partial charge in [-0.2, -0.15) is 0 Å². The second kappa shape index (κ2) is 12.8. The molecule has 0 bridgehead atoms. The van der Waals surface area contributed by atoms with E-state index in [1.165, 1.54) is 79.1 Å². The second-order valence-corrected chi connectivity index (χ2v) is 18.0. The fraction of sp³-hybridized carbons (Fsp3) is 0.115. The Morgan fingerprint density at radius 3 is 2.00 bits per heavy atom. The van der Waals surface area contributed by atoms with Crippen molar-refractivity contribution >= 4 is 93.0 Å². The van der Waals surface area contributed by atoms with Crippen LogP contribution in [0.5, 0.6) is 0 Å². The third-order valence-electron chi connectivity index (χ3n) is 12.0. The van der Waals surface area contributed by atoms with Crippen LogP contribution in [0.1, 0.15) is 43.9 Å². The average molecular weight is 757 g/mol. The molecule has 0 radical (unpaired) electrons. The maximum atomic E-state index is 3.99. The molecule has 0 saturated carbocycles. The van der Waals surface area contributed by atoms with Gasteiger partial charge in [-0.25, -0.2) is 0 Å². The first-order chi connectivity index (χ1) is 27.4. The molecule has 3 heterocycles. The number of anilines is 5. The van der Waals surface area contributed by atoms with Gasteiger partial charge < -0.3 is 10.2 Å². The minimum Gasteiger partial charge on any atom is -0.354 e. The van der Waals surface area contributed by atoms with Crippen molar-refractivity contribution in [2.75, 3.05) is 10.2 Å². The van der Waals surface area contributed by atoms with Crippen molar-refractivity contribution < 1.29 is 0 Å². The highest BCUT2D eigenvalue weighted by Crippen LogP contribution is 2.54. The zero-order valence-electron chi connectivity index (χ0n) is 31.6. The fourth-order valence-electron chi connectivity index (χ4n) is 9.24. The number of rotatable bonds is 5. The van der Waals surface area contributed by atoms with E-state index in [9.17, 15) is 0 Å². The van der Waals surface area contributed by atoms with Gasteiger partial charge in [-0.1, -0.05) is 124 Å². The third kappa shape index (κ3) is 5.20. The van der Waals surface area contributed by atoms with Crippen LogP contribution in [-0.4, -0.2) is 0 Å². The van der Waals surface area contributed by atoms with E-state index in [2.05, 4.69) is 195 Å².